The number of aryl methyl sites for hydroxylation is 1. The van der Waals surface area contributed by atoms with Crippen LogP contribution >= 0.6 is 11.8 Å². The smallest absolute Gasteiger partial charge is 0.321 e. The van der Waals surface area contributed by atoms with Crippen molar-refractivity contribution in [2.24, 2.45) is 0 Å². The second-order valence-corrected chi connectivity index (χ2v) is 6.87. The molecule has 0 saturated heterocycles. The van der Waals surface area contributed by atoms with Gasteiger partial charge in [-0.15, -0.1) is 11.8 Å². The van der Waals surface area contributed by atoms with Crippen LogP contribution in [0, 0.1) is 6.92 Å². The van der Waals surface area contributed by atoms with Crippen molar-refractivity contribution < 1.29 is 9.59 Å². The molecule has 0 fully saturated rings. The van der Waals surface area contributed by atoms with E-state index in [1.165, 1.54) is 22.9 Å². The molecule has 2 aromatic carbocycles. The third-order valence-corrected chi connectivity index (χ3v) is 4.84. The second kappa shape index (κ2) is 9.13. The molecule has 0 aliphatic rings. The number of carbonyl (C=O) groups excluding carboxylic acids is 2. The highest BCUT2D eigenvalue weighted by molar-refractivity contribution is 7.99. The molecule has 3 amide bonds. The third kappa shape index (κ3) is 5.74. The molecule has 0 aliphatic carbocycles. The first-order valence-corrected chi connectivity index (χ1v) is 8.90. The molecule has 5 heteroatoms. The van der Waals surface area contributed by atoms with Gasteiger partial charge in [0.25, 0.3) is 0 Å². The number of carbonyl (C=O) groups is 2. The van der Waals surface area contributed by atoms with Crippen LogP contribution in [0.2, 0.25) is 0 Å². The highest BCUT2D eigenvalue weighted by Crippen LogP contribution is 2.20. The Hall–Kier alpha value is -2.27. The zero-order valence-electron chi connectivity index (χ0n) is 13.9. The molecule has 0 unspecified atom stereocenters. The first kappa shape index (κ1) is 18.1. The summed E-state index contributed by atoms with van der Waals surface area (Å²) in [5, 5.41) is 4.78. The van der Waals surface area contributed by atoms with Crippen molar-refractivity contribution in [3.8, 4) is 0 Å². The van der Waals surface area contributed by atoms with Gasteiger partial charge in [-0.2, -0.15) is 0 Å². The molecule has 1 atom stereocenters. The lowest BCUT2D eigenvalue weighted by Gasteiger charge is -2.13. The molecular weight excluding hydrogens is 320 g/mol. The van der Waals surface area contributed by atoms with Gasteiger partial charge in [-0.25, -0.2) is 4.79 Å². The van der Waals surface area contributed by atoms with E-state index in [2.05, 4.69) is 29.7 Å². The van der Waals surface area contributed by atoms with Crippen LogP contribution in [-0.2, 0) is 17.1 Å². The number of imide groups is 1. The number of nitrogens with one attached hydrogen (secondary N) is 2. The normalized spacial score (nSPS) is 11.6. The van der Waals surface area contributed by atoms with Crippen molar-refractivity contribution in [2.45, 2.75) is 31.4 Å². The average molecular weight is 342 g/mol. The van der Waals surface area contributed by atoms with E-state index in [9.17, 15) is 9.59 Å². The summed E-state index contributed by atoms with van der Waals surface area (Å²) >= 11 is 1.52. The number of rotatable bonds is 6. The highest BCUT2D eigenvalue weighted by Gasteiger charge is 2.16. The van der Waals surface area contributed by atoms with Gasteiger partial charge >= 0.3 is 6.03 Å². The van der Waals surface area contributed by atoms with Crippen LogP contribution in [0.3, 0.4) is 0 Å². The Kier molecular flexibility index (Phi) is 6.88. The Balaban J connectivity index is 1.74. The van der Waals surface area contributed by atoms with Gasteiger partial charge in [-0.1, -0.05) is 54.6 Å². The monoisotopic (exact) mass is 342 g/mol. The molecule has 126 valence electrons. The predicted molar refractivity (Wildman–Crippen MR) is 98.8 cm³/mol. The third-order valence-electron chi connectivity index (χ3n) is 3.65. The van der Waals surface area contributed by atoms with Crippen LogP contribution in [0.4, 0.5) is 4.79 Å². The van der Waals surface area contributed by atoms with Crippen LogP contribution in [0.5, 0.6) is 0 Å². The SMILES string of the molecule is Cc1ccccc1CS[C@H](C)C(=O)NC(=O)NCc1ccccc1. The van der Waals surface area contributed by atoms with Gasteiger partial charge in [0.1, 0.15) is 0 Å². The fraction of sp³-hybridized carbons (Fsp3) is 0.263. The minimum Gasteiger partial charge on any atom is -0.334 e. The van der Waals surface area contributed by atoms with E-state index in [-0.39, 0.29) is 11.2 Å². The summed E-state index contributed by atoms with van der Waals surface area (Å²) in [4.78, 5) is 23.9. The molecule has 0 spiro atoms. The highest BCUT2D eigenvalue weighted by atomic mass is 32.2. The molecule has 2 N–H and O–H groups in total. The Labute approximate surface area is 147 Å². The average Bonchev–Trinajstić information content (AvgIpc) is 2.60. The Morgan fingerprint density at radius 2 is 1.71 bits per heavy atom. The molecule has 2 rings (SSSR count). The topological polar surface area (TPSA) is 58.2 Å². The van der Waals surface area contributed by atoms with Crippen LogP contribution in [0.15, 0.2) is 54.6 Å². The van der Waals surface area contributed by atoms with Crippen LogP contribution in [-0.4, -0.2) is 17.2 Å². The molecular formula is C19H22N2O2S. The van der Waals surface area contributed by atoms with Gasteiger partial charge in [0.05, 0.1) is 5.25 Å². The molecule has 2 aromatic rings. The summed E-state index contributed by atoms with van der Waals surface area (Å²) in [6, 6.07) is 17.2. The second-order valence-electron chi connectivity index (χ2n) is 5.54. The first-order chi connectivity index (χ1) is 11.6. The Bertz CT molecular complexity index is 689. The van der Waals surface area contributed by atoms with Crippen molar-refractivity contribution in [1.29, 1.82) is 0 Å². The van der Waals surface area contributed by atoms with Crippen LogP contribution < -0.4 is 10.6 Å². The maximum absolute atomic E-state index is 12.1. The summed E-state index contributed by atoms with van der Waals surface area (Å²) in [5.41, 5.74) is 3.40. The van der Waals surface area contributed by atoms with Crippen molar-refractivity contribution in [3.05, 3.63) is 71.3 Å². The predicted octanol–water partition coefficient (Wildman–Crippen LogP) is 3.64. The summed E-state index contributed by atoms with van der Waals surface area (Å²) in [7, 11) is 0. The zero-order valence-corrected chi connectivity index (χ0v) is 14.7. The van der Waals surface area contributed by atoms with Crippen molar-refractivity contribution in [2.75, 3.05) is 0 Å². The largest absolute Gasteiger partial charge is 0.334 e. The molecule has 0 aromatic heterocycles. The lowest BCUT2D eigenvalue weighted by Crippen LogP contribution is -2.42. The molecule has 0 radical (unpaired) electrons. The molecule has 4 nitrogen and oxygen atoms in total. The number of hydrogen-bond donors (Lipinski definition) is 2. The number of amides is 3. The number of hydrogen-bond acceptors (Lipinski definition) is 3. The molecule has 0 saturated carbocycles. The summed E-state index contributed by atoms with van der Waals surface area (Å²) in [6.45, 7) is 4.26. The van der Waals surface area contributed by atoms with Crippen LogP contribution in [0.25, 0.3) is 0 Å². The van der Waals surface area contributed by atoms with Gasteiger partial charge in [-0.3, -0.25) is 10.1 Å². The van der Waals surface area contributed by atoms with Crippen LogP contribution in [0.1, 0.15) is 23.6 Å². The summed E-state index contributed by atoms with van der Waals surface area (Å²) in [6.07, 6.45) is 0. The molecule has 0 aliphatic heterocycles. The van der Waals surface area contributed by atoms with Crippen molar-refractivity contribution >= 4 is 23.7 Å². The van der Waals surface area contributed by atoms with Gasteiger partial charge in [0.15, 0.2) is 0 Å². The molecule has 24 heavy (non-hydrogen) atoms. The fourth-order valence-electron chi connectivity index (χ4n) is 2.10. The summed E-state index contributed by atoms with van der Waals surface area (Å²) in [5.74, 6) is 0.464. The zero-order chi connectivity index (χ0) is 17.4. The first-order valence-electron chi connectivity index (χ1n) is 7.85. The molecule has 0 heterocycles. The van der Waals surface area contributed by atoms with E-state index in [1.807, 2.05) is 49.4 Å². The van der Waals surface area contributed by atoms with Crippen molar-refractivity contribution in [3.63, 3.8) is 0 Å². The lowest BCUT2D eigenvalue weighted by atomic mass is 10.1. The van der Waals surface area contributed by atoms with E-state index in [1.54, 1.807) is 0 Å². The van der Waals surface area contributed by atoms with E-state index in [0.717, 1.165) is 11.3 Å². The van der Waals surface area contributed by atoms with E-state index >= 15 is 0 Å². The minimum absolute atomic E-state index is 0.279. The quantitative estimate of drug-likeness (QED) is 0.842. The standard InChI is InChI=1S/C19H22N2O2S/c1-14-8-6-7-11-17(14)13-24-15(2)18(22)21-19(23)20-12-16-9-4-3-5-10-16/h3-11,15H,12-13H2,1-2H3,(H2,20,21,22,23)/t15-/m1/s1. The van der Waals surface area contributed by atoms with Gasteiger partial charge in [0.2, 0.25) is 5.91 Å². The van der Waals surface area contributed by atoms with Gasteiger partial charge in [-0.05, 0) is 30.5 Å². The minimum atomic E-state index is -0.466. The maximum Gasteiger partial charge on any atom is 0.321 e. The van der Waals surface area contributed by atoms with Gasteiger partial charge < -0.3 is 5.32 Å². The van der Waals surface area contributed by atoms with Gasteiger partial charge in [0, 0.05) is 12.3 Å². The lowest BCUT2D eigenvalue weighted by molar-refractivity contribution is -0.119. The maximum atomic E-state index is 12.1. The van der Waals surface area contributed by atoms with E-state index in [0.29, 0.717) is 6.54 Å². The Morgan fingerprint density at radius 3 is 2.42 bits per heavy atom. The number of urea groups is 1. The number of thioether (sulfide) groups is 1. The fourth-order valence-corrected chi connectivity index (χ4v) is 3.06. The summed E-state index contributed by atoms with van der Waals surface area (Å²) < 4.78 is 0. The molecule has 0 bridgehead atoms. The van der Waals surface area contributed by atoms with E-state index < -0.39 is 6.03 Å². The Morgan fingerprint density at radius 1 is 1.04 bits per heavy atom. The number of benzene rings is 2. The van der Waals surface area contributed by atoms with Crippen molar-refractivity contribution in [1.82, 2.24) is 10.6 Å². The van der Waals surface area contributed by atoms with E-state index in [4.69, 9.17) is 0 Å².